The van der Waals surface area contributed by atoms with Gasteiger partial charge in [-0.1, -0.05) is 35.9 Å². The lowest BCUT2D eigenvalue weighted by Crippen LogP contribution is -2.26. The number of para-hydroxylation sites is 1. The van der Waals surface area contributed by atoms with Crippen molar-refractivity contribution in [3.05, 3.63) is 81.9 Å². The highest BCUT2D eigenvalue weighted by molar-refractivity contribution is 6.35. The van der Waals surface area contributed by atoms with Gasteiger partial charge in [0.2, 0.25) is 0 Å². The molecule has 0 radical (unpaired) electrons. The van der Waals surface area contributed by atoms with Crippen LogP contribution in [0.2, 0.25) is 5.02 Å². The molecule has 9 heteroatoms. The third-order valence-electron chi connectivity index (χ3n) is 5.01. The number of nitrogen functional groups attached to an aromatic ring is 1. The molecule has 0 saturated heterocycles. The van der Waals surface area contributed by atoms with Crippen LogP contribution < -0.4 is 11.3 Å². The molecular weight excluding hydrogens is 402 g/mol. The van der Waals surface area contributed by atoms with Crippen LogP contribution in [0.15, 0.2) is 59.9 Å². The number of nitrogens with two attached hydrogens (primary N) is 1. The fourth-order valence-electron chi connectivity index (χ4n) is 3.57. The van der Waals surface area contributed by atoms with Crippen LogP contribution in [0.5, 0.6) is 0 Å². The lowest BCUT2D eigenvalue weighted by molar-refractivity contribution is 0.717. The van der Waals surface area contributed by atoms with E-state index in [0.717, 1.165) is 11.3 Å². The largest absolute Gasteiger partial charge is 0.382 e. The van der Waals surface area contributed by atoms with Crippen molar-refractivity contribution in [2.24, 2.45) is 0 Å². The van der Waals surface area contributed by atoms with E-state index in [1.807, 2.05) is 31.2 Å². The molecule has 0 aliphatic heterocycles. The van der Waals surface area contributed by atoms with Crippen molar-refractivity contribution in [2.45, 2.75) is 13.5 Å². The molecule has 5 rings (SSSR count). The number of benzene rings is 2. The normalized spacial score (nSPS) is 11.4. The molecule has 0 saturated carbocycles. The number of imidazole rings is 1. The number of rotatable bonds is 3. The molecule has 0 bridgehead atoms. The second kappa shape index (κ2) is 6.93. The zero-order valence-electron chi connectivity index (χ0n) is 16.0. The molecule has 2 N–H and O–H groups in total. The molecular formula is C21H16ClN7O. The summed E-state index contributed by atoms with van der Waals surface area (Å²) in [5, 5.41) is 0.751. The lowest BCUT2D eigenvalue weighted by Gasteiger charge is -2.16. The number of nitrogens with zero attached hydrogens (tertiary/aromatic N) is 6. The van der Waals surface area contributed by atoms with Gasteiger partial charge >= 0.3 is 0 Å². The number of hydrogen-bond acceptors (Lipinski definition) is 6. The van der Waals surface area contributed by atoms with Gasteiger partial charge in [0.25, 0.3) is 5.56 Å². The van der Waals surface area contributed by atoms with Crippen molar-refractivity contribution in [1.82, 2.24) is 29.1 Å². The van der Waals surface area contributed by atoms with E-state index in [0.29, 0.717) is 38.7 Å². The van der Waals surface area contributed by atoms with Gasteiger partial charge in [-0.25, -0.2) is 19.9 Å². The Labute approximate surface area is 175 Å². The standard InChI is InChI=1S/C21H16ClN7O/c1-12-5-2-3-8-15(12)29-16(27-14-7-4-6-13(22)17(14)21(29)30)9-28-11-26-18-19(23)24-10-25-20(18)28/h2-8,10-11H,9H2,1H3,(H2,23,24,25). The van der Waals surface area contributed by atoms with E-state index in [4.69, 9.17) is 22.3 Å². The van der Waals surface area contributed by atoms with Gasteiger partial charge in [-0.05, 0) is 30.7 Å². The summed E-state index contributed by atoms with van der Waals surface area (Å²) >= 11 is 6.35. The number of fused-ring (bicyclic) bond motifs is 2. The summed E-state index contributed by atoms with van der Waals surface area (Å²) in [6, 6.07) is 12.9. The first-order valence-electron chi connectivity index (χ1n) is 9.22. The molecule has 0 aliphatic carbocycles. The molecule has 5 aromatic rings. The average Bonchev–Trinajstić information content (AvgIpc) is 3.13. The van der Waals surface area contributed by atoms with Crippen molar-refractivity contribution < 1.29 is 0 Å². The van der Waals surface area contributed by atoms with Crippen molar-refractivity contribution >= 4 is 39.5 Å². The van der Waals surface area contributed by atoms with Crippen LogP contribution in [0.4, 0.5) is 5.82 Å². The van der Waals surface area contributed by atoms with Crippen molar-refractivity contribution in [3.8, 4) is 5.69 Å². The lowest BCUT2D eigenvalue weighted by atomic mass is 10.1. The first-order chi connectivity index (χ1) is 14.5. The zero-order chi connectivity index (χ0) is 20.8. The van der Waals surface area contributed by atoms with Gasteiger partial charge in [-0.15, -0.1) is 0 Å². The SMILES string of the molecule is Cc1ccccc1-n1c(Cn2cnc3c(N)ncnc32)nc2cccc(Cl)c2c1=O. The maximum Gasteiger partial charge on any atom is 0.267 e. The third kappa shape index (κ3) is 2.81. The number of anilines is 1. The van der Waals surface area contributed by atoms with Gasteiger partial charge in [-0.2, -0.15) is 0 Å². The molecule has 3 heterocycles. The van der Waals surface area contributed by atoms with E-state index >= 15 is 0 Å². The fraction of sp³-hybridized carbons (Fsp3) is 0.0952. The summed E-state index contributed by atoms with van der Waals surface area (Å²) in [5.74, 6) is 0.828. The molecule has 148 valence electrons. The van der Waals surface area contributed by atoms with Crippen LogP contribution in [0.3, 0.4) is 0 Å². The molecule has 0 fully saturated rings. The van der Waals surface area contributed by atoms with Gasteiger partial charge in [0.1, 0.15) is 17.7 Å². The van der Waals surface area contributed by atoms with Gasteiger partial charge in [0.05, 0.1) is 34.5 Å². The molecule has 0 spiro atoms. The predicted molar refractivity (Wildman–Crippen MR) is 116 cm³/mol. The highest BCUT2D eigenvalue weighted by Crippen LogP contribution is 2.23. The van der Waals surface area contributed by atoms with Crippen LogP contribution in [0, 0.1) is 6.92 Å². The molecule has 3 aromatic heterocycles. The van der Waals surface area contributed by atoms with E-state index in [1.54, 1.807) is 33.7 Å². The van der Waals surface area contributed by atoms with Gasteiger partial charge in [-0.3, -0.25) is 9.36 Å². The topological polar surface area (TPSA) is 105 Å². The van der Waals surface area contributed by atoms with Gasteiger partial charge in [0.15, 0.2) is 11.5 Å². The Morgan fingerprint density at radius 2 is 1.90 bits per heavy atom. The average molecular weight is 418 g/mol. The first kappa shape index (κ1) is 18.3. The monoisotopic (exact) mass is 417 g/mol. The number of aromatic nitrogens is 6. The smallest absolute Gasteiger partial charge is 0.267 e. The summed E-state index contributed by atoms with van der Waals surface area (Å²) in [4.78, 5) is 30.9. The summed E-state index contributed by atoms with van der Waals surface area (Å²) in [5.41, 5.74) is 8.97. The number of aryl methyl sites for hydroxylation is 1. The van der Waals surface area contributed by atoms with Crippen LogP contribution in [0.25, 0.3) is 27.8 Å². The summed E-state index contributed by atoms with van der Waals surface area (Å²) in [7, 11) is 0. The Hall–Kier alpha value is -3.78. The molecule has 0 aliphatic rings. The minimum absolute atomic E-state index is 0.228. The molecule has 0 atom stereocenters. The van der Waals surface area contributed by atoms with Crippen LogP contribution in [-0.4, -0.2) is 29.1 Å². The minimum atomic E-state index is -0.228. The van der Waals surface area contributed by atoms with E-state index in [9.17, 15) is 4.79 Å². The second-order valence-corrected chi connectivity index (χ2v) is 7.30. The molecule has 0 unspecified atom stereocenters. The quantitative estimate of drug-likeness (QED) is 0.483. The van der Waals surface area contributed by atoms with E-state index in [2.05, 4.69) is 15.0 Å². The fourth-order valence-corrected chi connectivity index (χ4v) is 3.82. The van der Waals surface area contributed by atoms with Gasteiger partial charge in [0, 0.05) is 0 Å². The van der Waals surface area contributed by atoms with Crippen LogP contribution >= 0.6 is 11.6 Å². The van der Waals surface area contributed by atoms with E-state index in [1.165, 1.54) is 6.33 Å². The van der Waals surface area contributed by atoms with Crippen molar-refractivity contribution in [3.63, 3.8) is 0 Å². The Kier molecular flexibility index (Phi) is 4.22. The Bertz CT molecular complexity index is 1490. The highest BCUT2D eigenvalue weighted by Gasteiger charge is 2.18. The van der Waals surface area contributed by atoms with E-state index < -0.39 is 0 Å². The number of hydrogen-bond donors (Lipinski definition) is 1. The Morgan fingerprint density at radius 1 is 1.07 bits per heavy atom. The molecule has 0 amide bonds. The first-order valence-corrected chi connectivity index (χ1v) is 9.60. The van der Waals surface area contributed by atoms with E-state index in [-0.39, 0.29) is 12.1 Å². The van der Waals surface area contributed by atoms with Crippen molar-refractivity contribution in [2.75, 3.05) is 5.73 Å². The molecule has 2 aromatic carbocycles. The summed E-state index contributed by atoms with van der Waals surface area (Å²) < 4.78 is 3.39. The second-order valence-electron chi connectivity index (χ2n) is 6.89. The highest BCUT2D eigenvalue weighted by atomic mass is 35.5. The predicted octanol–water partition coefficient (Wildman–Crippen LogP) is 3.12. The Morgan fingerprint density at radius 3 is 2.73 bits per heavy atom. The summed E-state index contributed by atoms with van der Waals surface area (Å²) in [6.07, 6.45) is 3.00. The maximum absolute atomic E-state index is 13.5. The zero-order valence-corrected chi connectivity index (χ0v) is 16.7. The molecule has 8 nitrogen and oxygen atoms in total. The van der Waals surface area contributed by atoms with Crippen molar-refractivity contribution in [1.29, 1.82) is 0 Å². The third-order valence-corrected chi connectivity index (χ3v) is 5.33. The van der Waals surface area contributed by atoms with Gasteiger partial charge < -0.3 is 10.3 Å². The van der Waals surface area contributed by atoms with Crippen LogP contribution in [-0.2, 0) is 6.54 Å². The van der Waals surface area contributed by atoms with Crippen LogP contribution in [0.1, 0.15) is 11.4 Å². The molecule has 30 heavy (non-hydrogen) atoms. The number of halogens is 1. The minimum Gasteiger partial charge on any atom is -0.382 e. The maximum atomic E-state index is 13.5. The summed E-state index contributed by atoms with van der Waals surface area (Å²) in [6.45, 7) is 2.21. The Balaban J connectivity index is 1.80.